The number of carbonyl (C=O) groups excluding carboxylic acids is 1. The number of halogens is 3. The van der Waals surface area contributed by atoms with Crippen molar-refractivity contribution in [1.82, 2.24) is 0 Å². The highest BCUT2D eigenvalue weighted by Gasteiger charge is 2.39. The Morgan fingerprint density at radius 1 is 1.06 bits per heavy atom. The Morgan fingerprint density at radius 2 is 1.76 bits per heavy atom. The summed E-state index contributed by atoms with van der Waals surface area (Å²) in [7, 11) is 2.71. The second kappa shape index (κ2) is 10.1. The summed E-state index contributed by atoms with van der Waals surface area (Å²) in [6.07, 6.45) is -4.64. The van der Waals surface area contributed by atoms with Crippen molar-refractivity contribution in [3.8, 4) is 28.4 Å². The number of hydrogen-bond acceptors (Lipinski definition) is 7. The van der Waals surface area contributed by atoms with Crippen LogP contribution in [0.1, 0.15) is 26.0 Å². The zero-order valence-electron chi connectivity index (χ0n) is 18.9. The van der Waals surface area contributed by atoms with E-state index in [0.29, 0.717) is 12.2 Å². The van der Waals surface area contributed by atoms with Gasteiger partial charge in [0.1, 0.15) is 11.3 Å². The Bertz CT molecular complexity index is 1250. The zero-order chi connectivity index (χ0) is 25.0. The van der Waals surface area contributed by atoms with Crippen LogP contribution >= 0.6 is 0 Å². The molecule has 1 aromatic heterocycles. The fourth-order valence-electron chi connectivity index (χ4n) is 3.20. The second-order valence-electron chi connectivity index (χ2n) is 7.36. The SMILES string of the molecule is CCC(C)OC(=O)COc1ccc2c(=O)c(-c3ccc(OC)c(OC)c3)c(C(F)(F)F)oc2c1. The van der Waals surface area contributed by atoms with Crippen LogP contribution in [0.5, 0.6) is 17.2 Å². The number of carbonyl (C=O) groups is 1. The van der Waals surface area contributed by atoms with Crippen molar-refractivity contribution >= 4 is 16.9 Å². The van der Waals surface area contributed by atoms with E-state index in [1.807, 2.05) is 6.92 Å². The van der Waals surface area contributed by atoms with E-state index in [1.165, 1.54) is 44.6 Å². The average molecular weight is 480 g/mol. The van der Waals surface area contributed by atoms with E-state index >= 15 is 0 Å². The first kappa shape index (κ1) is 24.9. The van der Waals surface area contributed by atoms with E-state index in [1.54, 1.807) is 6.92 Å². The highest BCUT2D eigenvalue weighted by molar-refractivity contribution is 5.84. The predicted octanol–water partition coefficient (Wildman–Crippen LogP) is 5.22. The van der Waals surface area contributed by atoms with Crippen molar-refractivity contribution < 1.29 is 41.3 Å². The summed E-state index contributed by atoms with van der Waals surface area (Å²) >= 11 is 0. The third-order valence-corrected chi connectivity index (χ3v) is 5.06. The number of rotatable bonds is 8. The number of benzene rings is 2. The summed E-state index contributed by atoms with van der Waals surface area (Å²) in [6, 6.07) is 7.75. The maximum Gasteiger partial charge on any atom is 0.450 e. The third kappa shape index (κ3) is 5.27. The van der Waals surface area contributed by atoms with Gasteiger partial charge in [0, 0.05) is 6.07 Å². The van der Waals surface area contributed by atoms with E-state index < -0.39 is 35.5 Å². The fourth-order valence-corrected chi connectivity index (χ4v) is 3.20. The molecule has 0 radical (unpaired) electrons. The van der Waals surface area contributed by atoms with Crippen LogP contribution < -0.4 is 19.6 Å². The molecule has 3 rings (SSSR count). The number of ether oxygens (including phenoxy) is 4. The van der Waals surface area contributed by atoms with Gasteiger partial charge < -0.3 is 23.4 Å². The number of methoxy groups -OCH3 is 2. The summed E-state index contributed by atoms with van der Waals surface area (Å²) in [4.78, 5) is 24.9. The molecule has 0 saturated carbocycles. The lowest BCUT2D eigenvalue weighted by molar-refractivity contribution is -0.152. The Morgan fingerprint density at radius 3 is 2.38 bits per heavy atom. The van der Waals surface area contributed by atoms with Gasteiger partial charge in [-0.3, -0.25) is 4.79 Å². The molecule has 1 unspecified atom stereocenters. The zero-order valence-corrected chi connectivity index (χ0v) is 18.9. The Balaban J connectivity index is 2.07. The maximum absolute atomic E-state index is 13.9. The van der Waals surface area contributed by atoms with Crippen molar-refractivity contribution in [2.24, 2.45) is 0 Å². The van der Waals surface area contributed by atoms with Crippen LogP contribution in [-0.4, -0.2) is 32.9 Å². The van der Waals surface area contributed by atoms with Gasteiger partial charge in [0.05, 0.1) is 31.3 Å². The van der Waals surface area contributed by atoms with Crippen LogP contribution in [0.15, 0.2) is 45.6 Å². The van der Waals surface area contributed by atoms with Crippen molar-refractivity contribution in [3.05, 3.63) is 52.4 Å². The topological polar surface area (TPSA) is 84.2 Å². The van der Waals surface area contributed by atoms with Crippen molar-refractivity contribution in [2.45, 2.75) is 32.5 Å². The first-order valence-electron chi connectivity index (χ1n) is 10.3. The molecule has 0 aliphatic carbocycles. The molecule has 0 N–H and O–H groups in total. The van der Waals surface area contributed by atoms with Gasteiger partial charge in [-0.2, -0.15) is 13.2 Å². The van der Waals surface area contributed by atoms with Gasteiger partial charge in [-0.05, 0) is 43.2 Å². The number of fused-ring (bicyclic) bond motifs is 1. The van der Waals surface area contributed by atoms with Gasteiger partial charge in [-0.1, -0.05) is 13.0 Å². The highest BCUT2D eigenvalue weighted by atomic mass is 19.4. The third-order valence-electron chi connectivity index (χ3n) is 5.06. The molecule has 0 spiro atoms. The molecule has 10 heteroatoms. The largest absolute Gasteiger partial charge is 0.493 e. The predicted molar refractivity (Wildman–Crippen MR) is 117 cm³/mol. The van der Waals surface area contributed by atoms with E-state index in [4.69, 9.17) is 23.4 Å². The van der Waals surface area contributed by atoms with Crippen LogP contribution in [0.3, 0.4) is 0 Å². The number of alkyl halides is 3. The molecule has 0 aliphatic heterocycles. The normalized spacial score (nSPS) is 12.3. The Labute approximate surface area is 193 Å². The second-order valence-corrected chi connectivity index (χ2v) is 7.36. The molecule has 0 amide bonds. The molecule has 1 heterocycles. The van der Waals surface area contributed by atoms with Gasteiger partial charge in [-0.25, -0.2) is 4.79 Å². The maximum atomic E-state index is 13.9. The van der Waals surface area contributed by atoms with E-state index in [2.05, 4.69) is 0 Å². The van der Waals surface area contributed by atoms with E-state index in [9.17, 15) is 22.8 Å². The van der Waals surface area contributed by atoms with Crippen molar-refractivity contribution in [1.29, 1.82) is 0 Å². The van der Waals surface area contributed by atoms with Gasteiger partial charge in [0.15, 0.2) is 18.1 Å². The molecule has 3 aromatic rings. The molecule has 7 nitrogen and oxygen atoms in total. The molecule has 34 heavy (non-hydrogen) atoms. The van der Waals surface area contributed by atoms with Crippen LogP contribution in [0.2, 0.25) is 0 Å². The first-order chi connectivity index (χ1) is 16.1. The highest BCUT2D eigenvalue weighted by Crippen LogP contribution is 2.40. The summed E-state index contributed by atoms with van der Waals surface area (Å²) in [5, 5.41) is -0.0904. The van der Waals surface area contributed by atoms with Crippen molar-refractivity contribution in [2.75, 3.05) is 20.8 Å². The minimum Gasteiger partial charge on any atom is -0.493 e. The molecule has 1 atom stereocenters. The lowest BCUT2D eigenvalue weighted by atomic mass is 10.0. The molecular formula is C24H23F3O7. The Hall–Kier alpha value is -3.69. The van der Waals surface area contributed by atoms with Crippen LogP contribution in [0.25, 0.3) is 22.1 Å². The summed E-state index contributed by atoms with van der Waals surface area (Å²) in [5.41, 5.74) is -1.93. The van der Waals surface area contributed by atoms with Crippen molar-refractivity contribution in [3.63, 3.8) is 0 Å². The summed E-state index contributed by atoms with van der Waals surface area (Å²) in [6.45, 7) is 3.12. The van der Waals surface area contributed by atoms with Gasteiger partial charge in [0.2, 0.25) is 11.2 Å². The molecule has 182 valence electrons. The minimum absolute atomic E-state index is 0.0451. The lowest BCUT2D eigenvalue weighted by Crippen LogP contribution is -2.20. The minimum atomic E-state index is -4.97. The lowest BCUT2D eigenvalue weighted by Gasteiger charge is -2.15. The molecular weight excluding hydrogens is 457 g/mol. The van der Waals surface area contributed by atoms with Crippen LogP contribution in [-0.2, 0) is 15.7 Å². The molecule has 0 saturated heterocycles. The Kier molecular flexibility index (Phi) is 7.38. The summed E-state index contributed by atoms with van der Waals surface area (Å²) < 4.78 is 67.5. The number of hydrogen-bond donors (Lipinski definition) is 0. The van der Waals surface area contributed by atoms with Gasteiger partial charge >= 0.3 is 12.1 Å². The molecule has 0 bridgehead atoms. The average Bonchev–Trinajstić information content (AvgIpc) is 2.81. The standard InChI is InChI=1S/C24H23F3O7/c1-5-13(2)33-20(28)12-32-15-7-8-16-18(11-15)34-23(24(25,26)27)21(22(16)29)14-6-9-17(30-3)19(10-14)31-4/h6-11,13H,5,12H2,1-4H3. The smallest absolute Gasteiger partial charge is 0.450 e. The van der Waals surface area contributed by atoms with Gasteiger partial charge in [-0.15, -0.1) is 0 Å². The molecule has 0 aliphatic rings. The fraction of sp³-hybridized carbons (Fsp3) is 0.333. The van der Waals surface area contributed by atoms with E-state index in [-0.39, 0.29) is 34.1 Å². The van der Waals surface area contributed by atoms with Gasteiger partial charge in [0.25, 0.3) is 0 Å². The van der Waals surface area contributed by atoms with Crippen LogP contribution in [0.4, 0.5) is 13.2 Å². The molecule has 0 fully saturated rings. The number of esters is 1. The quantitative estimate of drug-likeness (QED) is 0.409. The molecule has 2 aromatic carbocycles. The summed E-state index contributed by atoms with van der Waals surface area (Å²) in [5.74, 6) is -1.61. The van der Waals surface area contributed by atoms with E-state index in [0.717, 1.165) is 6.07 Å². The first-order valence-corrected chi connectivity index (χ1v) is 10.3. The van der Waals surface area contributed by atoms with Crippen LogP contribution in [0, 0.1) is 0 Å². The monoisotopic (exact) mass is 480 g/mol.